The minimum Gasteiger partial charge on any atom is -0.288 e. The van der Waals surface area contributed by atoms with Crippen LogP contribution in [0.2, 0.25) is 0 Å². The Hall–Kier alpha value is -3.61. The molecule has 0 aliphatic heterocycles. The van der Waals surface area contributed by atoms with E-state index >= 15 is 0 Å². The second-order valence-electron chi connectivity index (χ2n) is 7.43. The van der Waals surface area contributed by atoms with Gasteiger partial charge in [-0.1, -0.05) is 18.2 Å². The average molecular weight is 384 g/mol. The van der Waals surface area contributed by atoms with Crippen LogP contribution in [0.1, 0.15) is 35.6 Å². The third kappa shape index (κ3) is 3.71. The molecule has 29 heavy (non-hydrogen) atoms. The van der Waals surface area contributed by atoms with Crippen molar-refractivity contribution in [1.82, 2.24) is 29.5 Å². The van der Waals surface area contributed by atoms with Gasteiger partial charge in [0.05, 0.1) is 12.4 Å². The van der Waals surface area contributed by atoms with Crippen molar-refractivity contribution < 1.29 is 0 Å². The topological polar surface area (TPSA) is 78.5 Å². The molecule has 0 saturated heterocycles. The number of aryl methyl sites for hydroxylation is 1. The third-order valence-corrected chi connectivity index (χ3v) is 5.11. The Morgan fingerprint density at radius 1 is 1.10 bits per heavy atom. The van der Waals surface area contributed by atoms with Gasteiger partial charge in [0.25, 0.3) is 0 Å². The molecular formula is C22H20N6O. The third-order valence-electron chi connectivity index (χ3n) is 5.11. The van der Waals surface area contributed by atoms with Crippen molar-refractivity contribution in [2.24, 2.45) is 7.05 Å². The molecule has 1 aliphatic carbocycles. The van der Waals surface area contributed by atoms with Crippen molar-refractivity contribution >= 4 is 0 Å². The van der Waals surface area contributed by atoms with Crippen molar-refractivity contribution in [1.29, 1.82) is 0 Å². The zero-order valence-corrected chi connectivity index (χ0v) is 16.1. The zero-order valence-electron chi connectivity index (χ0n) is 16.1. The van der Waals surface area contributed by atoms with E-state index in [2.05, 4.69) is 20.2 Å². The maximum atomic E-state index is 12.4. The molecule has 0 N–H and O–H groups in total. The Kier molecular flexibility index (Phi) is 4.27. The quantitative estimate of drug-likeness (QED) is 0.529. The van der Waals surface area contributed by atoms with Crippen molar-refractivity contribution in [2.75, 3.05) is 0 Å². The Morgan fingerprint density at radius 2 is 1.93 bits per heavy atom. The summed E-state index contributed by atoms with van der Waals surface area (Å²) < 4.78 is 3.38. The zero-order chi connectivity index (χ0) is 19.8. The molecule has 5 rings (SSSR count). The number of rotatable bonds is 5. The van der Waals surface area contributed by atoms with E-state index in [1.807, 2.05) is 49.9 Å². The van der Waals surface area contributed by atoms with E-state index in [4.69, 9.17) is 0 Å². The standard InChI is InChI=1S/C22H20N6O/c1-27-14-19(13-25-27)28-8-7-21(29)20(26-28)10-15-3-2-4-17(9-15)22-23-11-18(12-24-22)16-5-6-16/h2-4,7-9,11-14,16H,5-6,10H2,1H3. The summed E-state index contributed by atoms with van der Waals surface area (Å²) in [5.41, 5.74) is 4.36. The van der Waals surface area contributed by atoms with Gasteiger partial charge >= 0.3 is 0 Å². The minimum atomic E-state index is -0.0828. The van der Waals surface area contributed by atoms with Gasteiger partial charge in [0.15, 0.2) is 5.82 Å². The fraction of sp³-hybridized carbons (Fsp3) is 0.227. The number of nitrogens with zero attached hydrogens (tertiary/aromatic N) is 6. The lowest BCUT2D eigenvalue weighted by Crippen LogP contribution is -2.16. The Labute approximate surface area is 167 Å². The van der Waals surface area contributed by atoms with Gasteiger partial charge in [0.2, 0.25) is 5.43 Å². The number of benzene rings is 1. The first-order chi connectivity index (χ1) is 14.2. The van der Waals surface area contributed by atoms with Crippen molar-refractivity contribution in [3.05, 3.63) is 88.4 Å². The Morgan fingerprint density at radius 3 is 2.66 bits per heavy atom. The van der Waals surface area contributed by atoms with E-state index in [0.29, 0.717) is 23.9 Å². The van der Waals surface area contributed by atoms with Gasteiger partial charge in [-0.3, -0.25) is 9.48 Å². The number of hydrogen-bond donors (Lipinski definition) is 0. The van der Waals surface area contributed by atoms with E-state index in [1.54, 1.807) is 27.8 Å². The molecule has 7 heteroatoms. The summed E-state index contributed by atoms with van der Waals surface area (Å²) >= 11 is 0. The molecular weight excluding hydrogens is 364 g/mol. The SMILES string of the molecule is Cn1cc(-n2ccc(=O)c(Cc3cccc(-c4ncc(C5CC5)cn4)c3)n2)cn1. The van der Waals surface area contributed by atoms with E-state index in [9.17, 15) is 4.79 Å². The fourth-order valence-corrected chi connectivity index (χ4v) is 3.37. The summed E-state index contributed by atoms with van der Waals surface area (Å²) in [4.78, 5) is 21.4. The van der Waals surface area contributed by atoms with Crippen LogP contribution in [0.4, 0.5) is 0 Å². The molecule has 3 heterocycles. The molecule has 3 aromatic heterocycles. The van der Waals surface area contributed by atoms with Crippen molar-refractivity contribution in [3.8, 4) is 17.1 Å². The lowest BCUT2D eigenvalue weighted by molar-refractivity contribution is 0.762. The second-order valence-corrected chi connectivity index (χ2v) is 7.43. The van der Waals surface area contributed by atoms with Gasteiger partial charge in [0, 0.05) is 43.7 Å². The van der Waals surface area contributed by atoms with Crippen LogP contribution in [0.25, 0.3) is 17.1 Å². The van der Waals surface area contributed by atoms with E-state index < -0.39 is 0 Å². The summed E-state index contributed by atoms with van der Waals surface area (Å²) in [7, 11) is 1.84. The van der Waals surface area contributed by atoms with E-state index in [-0.39, 0.29) is 5.43 Å². The van der Waals surface area contributed by atoms with Crippen LogP contribution in [0, 0.1) is 0 Å². The molecule has 144 valence electrons. The van der Waals surface area contributed by atoms with Gasteiger partial charge < -0.3 is 0 Å². The normalized spacial score (nSPS) is 13.6. The van der Waals surface area contributed by atoms with Crippen LogP contribution < -0.4 is 5.43 Å². The molecule has 0 unspecified atom stereocenters. The molecule has 1 aromatic carbocycles. The largest absolute Gasteiger partial charge is 0.288 e. The second kappa shape index (κ2) is 7.09. The first-order valence-electron chi connectivity index (χ1n) is 9.65. The maximum Gasteiger partial charge on any atom is 0.203 e. The van der Waals surface area contributed by atoms with Crippen LogP contribution in [0.3, 0.4) is 0 Å². The predicted octanol–water partition coefficient (Wildman–Crippen LogP) is 2.89. The van der Waals surface area contributed by atoms with E-state index in [0.717, 1.165) is 16.8 Å². The molecule has 0 radical (unpaired) electrons. The van der Waals surface area contributed by atoms with Gasteiger partial charge in [-0.2, -0.15) is 10.2 Å². The molecule has 4 aromatic rings. The van der Waals surface area contributed by atoms with Crippen LogP contribution in [-0.4, -0.2) is 29.5 Å². The molecule has 0 bridgehead atoms. The Bertz CT molecular complexity index is 1220. The predicted molar refractivity (Wildman–Crippen MR) is 109 cm³/mol. The summed E-state index contributed by atoms with van der Waals surface area (Å²) in [6.07, 6.45) is 12.0. The highest BCUT2D eigenvalue weighted by Gasteiger charge is 2.24. The number of hydrogen-bond acceptors (Lipinski definition) is 5. The van der Waals surface area contributed by atoms with Gasteiger partial charge in [-0.05, 0) is 36.0 Å². The fourth-order valence-electron chi connectivity index (χ4n) is 3.37. The highest BCUT2D eigenvalue weighted by Crippen LogP contribution is 2.39. The Balaban J connectivity index is 1.42. The first-order valence-corrected chi connectivity index (χ1v) is 9.65. The van der Waals surface area contributed by atoms with Crippen LogP contribution in [0.15, 0.2) is 66.1 Å². The highest BCUT2D eigenvalue weighted by molar-refractivity contribution is 5.56. The van der Waals surface area contributed by atoms with Crippen molar-refractivity contribution in [2.45, 2.75) is 25.2 Å². The molecule has 1 saturated carbocycles. The molecule has 7 nitrogen and oxygen atoms in total. The lowest BCUT2D eigenvalue weighted by Gasteiger charge is -2.07. The van der Waals surface area contributed by atoms with Gasteiger partial charge in [-0.25, -0.2) is 14.6 Å². The van der Waals surface area contributed by atoms with Crippen LogP contribution >= 0.6 is 0 Å². The summed E-state index contributed by atoms with van der Waals surface area (Å²) in [5, 5.41) is 8.67. The molecule has 0 atom stereocenters. The average Bonchev–Trinajstić information content (AvgIpc) is 3.51. The molecule has 0 spiro atoms. The molecule has 0 amide bonds. The van der Waals surface area contributed by atoms with Crippen molar-refractivity contribution in [3.63, 3.8) is 0 Å². The summed E-state index contributed by atoms with van der Waals surface area (Å²) in [5.74, 6) is 1.34. The highest BCUT2D eigenvalue weighted by atomic mass is 16.1. The summed E-state index contributed by atoms with van der Waals surface area (Å²) in [6, 6.07) is 9.51. The van der Waals surface area contributed by atoms with Crippen LogP contribution in [-0.2, 0) is 13.5 Å². The number of aromatic nitrogens is 6. The first kappa shape index (κ1) is 17.5. The van der Waals surface area contributed by atoms with Crippen LogP contribution in [0.5, 0.6) is 0 Å². The lowest BCUT2D eigenvalue weighted by atomic mass is 10.1. The summed E-state index contributed by atoms with van der Waals surface area (Å²) in [6.45, 7) is 0. The minimum absolute atomic E-state index is 0.0828. The molecule has 1 aliphatic rings. The monoisotopic (exact) mass is 384 g/mol. The van der Waals surface area contributed by atoms with E-state index in [1.165, 1.54) is 18.4 Å². The maximum absolute atomic E-state index is 12.4. The van der Waals surface area contributed by atoms with Gasteiger partial charge in [-0.15, -0.1) is 0 Å². The smallest absolute Gasteiger partial charge is 0.203 e. The van der Waals surface area contributed by atoms with Gasteiger partial charge in [0.1, 0.15) is 11.4 Å². The molecule has 1 fully saturated rings.